The molecule has 0 spiro atoms. The first kappa shape index (κ1) is 17.0. The molecule has 0 saturated heterocycles. The third-order valence-corrected chi connectivity index (χ3v) is 4.44. The molecule has 3 rings (SSSR count). The minimum Gasteiger partial charge on any atom is -0.349 e. The second-order valence-electron chi connectivity index (χ2n) is 6.33. The SMILES string of the molecule is CCn1c2ccccc2c2cc(NC(=O)CCC(=O)N(C)C)ccc21. The molecule has 0 aliphatic heterocycles. The van der Waals surface area contributed by atoms with Gasteiger partial charge in [-0.15, -0.1) is 0 Å². The summed E-state index contributed by atoms with van der Waals surface area (Å²) in [6.45, 7) is 3.02. The molecule has 3 aromatic rings. The monoisotopic (exact) mass is 337 g/mol. The van der Waals surface area contributed by atoms with Crippen LogP contribution in [0.1, 0.15) is 19.8 Å². The molecule has 2 amide bonds. The van der Waals surface area contributed by atoms with Crippen LogP contribution in [-0.4, -0.2) is 35.4 Å². The number of aromatic nitrogens is 1. The van der Waals surface area contributed by atoms with Crippen LogP contribution >= 0.6 is 0 Å². The number of fused-ring (bicyclic) bond motifs is 3. The zero-order valence-electron chi connectivity index (χ0n) is 14.9. The fourth-order valence-electron chi connectivity index (χ4n) is 3.14. The Morgan fingerprint density at radius 2 is 1.72 bits per heavy atom. The van der Waals surface area contributed by atoms with Crippen molar-refractivity contribution in [2.75, 3.05) is 19.4 Å². The summed E-state index contributed by atoms with van der Waals surface area (Å²) in [7, 11) is 3.38. The maximum absolute atomic E-state index is 12.1. The van der Waals surface area contributed by atoms with Gasteiger partial charge in [0.1, 0.15) is 0 Å². The lowest BCUT2D eigenvalue weighted by atomic mass is 10.1. The minimum absolute atomic E-state index is 0.0448. The maximum Gasteiger partial charge on any atom is 0.224 e. The fourth-order valence-corrected chi connectivity index (χ4v) is 3.14. The Morgan fingerprint density at radius 1 is 1.00 bits per heavy atom. The highest BCUT2D eigenvalue weighted by molar-refractivity contribution is 6.09. The summed E-state index contributed by atoms with van der Waals surface area (Å²) in [6, 6.07) is 14.3. The van der Waals surface area contributed by atoms with E-state index in [4.69, 9.17) is 0 Å². The zero-order valence-corrected chi connectivity index (χ0v) is 14.9. The van der Waals surface area contributed by atoms with Crippen molar-refractivity contribution in [2.45, 2.75) is 26.3 Å². The van der Waals surface area contributed by atoms with Gasteiger partial charge in [-0.2, -0.15) is 0 Å². The van der Waals surface area contributed by atoms with Crippen LogP contribution in [0.5, 0.6) is 0 Å². The number of nitrogens with zero attached hydrogens (tertiary/aromatic N) is 2. The predicted octanol–water partition coefficient (Wildman–Crippen LogP) is 3.62. The summed E-state index contributed by atoms with van der Waals surface area (Å²) in [5.74, 6) is -0.189. The average Bonchev–Trinajstić information content (AvgIpc) is 2.92. The third kappa shape index (κ3) is 3.36. The van der Waals surface area contributed by atoms with Gasteiger partial charge < -0.3 is 14.8 Å². The number of anilines is 1. The van der Waals surface area contributed by atoms with E-state index < -0.39 is 0 Å². The van der Waals surface area contributed by atoms with Crippen LogP contribution in [0.3, 0.4) is 0 Å². The molecule has 0 radical (unpaired) electrons. The highest BCUT2D eigenvalue weighted by atomic mass is 16.2. The number of carbonyl (C=O) groups is 2. The average molecular weight is 337 g/mol. The van der Waals surface area contributed by atoms with Gasteiger partial charge in [0.15, 0.2) is 0 Å². The molecular weight excluding hydrogens is 314 g/mol. The molecule has 5 heteroatoms. The summed E-state index contributed by atoms with van der Waals surface area (Å²) in [5, 5.41) is 5.20. The molecule has 0 bridgehead atoms. The lowest BCUT2D eigenvalue weighted by Crippen LogP contribution is -2.23. The van der Waals surface area contributed by atoms with Crippen LogP contribution in [0.15, 0.2) is 42.5 Å². The molecule has 0 aliphatic rings. The minimum atomic E-state index is -0.145. The number of hydrogen-bond donors (Lipinski definition) is 1. The molecule has 1 N–H and O–H groups in total. The summed E-state index contributed by atoms with van der Waals surface area (Å²) in [5.41, 5.74) is 3.11. The van der Waals surface area contributed by atoms with Gasteiger partial charge in [-0.25, -0.2) is 0 Å². The van der Waals surface area contributed by atoms with Gasteiger partial charge in [0, 0.05) is 61.0 Å². The fraction of sp³-hybridized carbons (Fsp3) is 0.300. The highest BCUT2D eigenvalue weighted by Crippen LogP contribution is 2.30. The van der Waals surface area contributed by atoms with Crippen molar-refractivity contribution in [2.24, 2.45) is 0 Å². The lowest BCUT2D eigenvalue weighted by Gasteiger charge is -2.10. The van der Waals surface area contributed by atoms with Crippen molar-refractivity contribution in [1.82, 2.24) is 9.47 Å². The van der Waals surface area contributed by atoms with Gasteiger partial charge in [-0.1, -0.05) is 18.2 Å². The van der Waals surface area contributed by atoms with E-state index in [1.807, 2.05) is 30.3 Å². The normalized spacial score (nSPS) is 11.0. The summed E-state index contributed by atoms with van der Waals surface area (Å²) in [6.07, 6.45) is 0.405. The molecular formula is C20H23N3O2. The van der Waals surface area contributed by atoms with Gasteiger partial charge >= 0.3 is 0 Å². The van der Waals surface area contributed by atoms with Crippen LogP contribution in [0.4, 0.5) is 5.69 Å². The molecule has 1 heterocycles. The second-order valence-corrected chi connectivity index (χ2v) is 6.33. The topological polar surface area (TPSA) is 54.3 Å². The number of hydrogen-bond acceptors (Lipinski definition) is 2. The Bertz CT molecular complexity index is 941. The van der Waals surface area contributed by atoms with Crippen molar-refractivity contribution in [3.8, 4) is 0 Å². The van der Waals surface area contributed by atoms with Gasteiger partial charge in [-0.3, -0.25) is 9.59 Å². The quantitative estimate of drug-likeness (QED) is 0.773. The van der Waals surface area contributed by atoms with E-state index in [1.165, 1.54) is 15.8 Å². The standard InChI is InChI=1S/C20H23N3O2/c1-4-23-17-8-6-5-7-15(17)16-13-14(9-10-18(16)23)21-19(24)11-12-20(25)22(2)3/h5-10,13H,4,11-12H2,1-3H3,(H,21,24). The third-order valence-electron chi connectivity index (χ3n) is 4.44. The Labute approximate surface area is 147 Å². The molecule has 0 aliphatic carbocycles. The largest absolute Gasteiger partial charge is 0.349 e. The molecule has 0 unspecified atom stereocenters. The Balaban J connectivity index is 1.85. The maximum atomic E-state index is 12.1. The van der Waals surface area contributed by atoms with E-state index in [2.05, 4.69) is 28.9 Å². The Hall–Kier alpha value is -2.82. The van der Waals surface area contributed by atoms with Crippen LogP contribution in [-0.2, 0) is 16.1 Å². The highest BCUT2D eigenvalue weighted by Gasteiger charge is 2.12. The van der Waals surface area contributed by atoms with Gasteiger partial charge in [0.25, 0.3) is 0 Å². The van der Waals surface area contributed by atoms with Crippen molar-refractivity contribution < 1.29 is 9.59 Å². The lowest BCUT2D eigenvalue weighted by molar-refractivity contribution is -0.130. The van der Waals surface area contributed by atoms with Crippen molar-refractivity contribution in [3.05, 3.63) is 42.5 Å². The van der Waals surface area contributed by atoms with Crippen LogP contribution in [0.25, 0.3) is 21.8 Å². The predicted molar refractivity (Wildman–Crippen MR) is 102 cm³/mol. The number of aryl methyl sites for hydroxylation is 1. The number of benzene rings is 2. The summed E-state index contributed by atoms with van der Waals surface area (Å²) < 4.78 is 2.27. The van der Waals surface area contributed by atoms with Gasteiger partial charge in [0.2, 0.25) is 11.8 Å². The van der Waals surface area contributed by atoms with E-state index in [1.54, 1.807) is 14.1 Å². The molecule has 2 aromatic carbocycles. The smallest absolute Gasteiger partial charge is 0.224 e. The van der Waals surface area contributed by atoms with E-state index in [0.717, 1.165) is 23.1 Å². The van der Waals surface area contributed by atoms with Crippen LogP contribution in [0.2, 0.25) is 0 Å². The Morgan fingerprint density at radius 3 is 2.44 bits per heavy atom. The molecule has 130 valence electrons. The Kier molecular flexibility index (Phi) is 4.74. The first-order chi connectivity index (χ1) is 12.0. The molecule has 0 atom stereocenters. The molecule has 5 nitrogen and oxygen atoms in total. The number of amides is 2. The molecule has 25 heavy (non-hydrogen) atoms. The number of para-hydroxylation sites is 1. The molecule has 0 fully saturated rings. The van der Waals surface area contributed by atoms with E-state index in [9.17, 15) is 9.59 Å². The summed E-state index contributed by atoms with van der Waals surface area (Å²) in [4.78, 5) is 25.2. The second kappa shape index (κ2) is 6.97. The van der Waals surface area contributed by atoms with Gasteiger partial charge in [-0.05, 0) is 31.2 Å². The summed E-state index contributed by atoms with van der Waals surface area (Å²) >= 11 is 0. The number of carbonyl (C=O) groups excluding carboxylic acids is 2. The van der Waals surface area contributed by atoms with Crippen LogP contribution in [0, 0.1) is 0 Å². The van der Waals surface area contributed by atoms with Crippen molar-refractivity contribution in [1.29, 1.82) is 0 Å². The number of nitrogens with one attached hydrogen (secondary N) is 1. The molecule has 1 aromatic heterocycles. The van der Waals surface area contributed by atoms with E-state index >= 15 is 0 Å². The van der Waals surface area contributed by atoms with Gasteiger partial charge in [0.05, 0.1) is 0 Å². The van der Waals surface area contributed by atoms with Crippen molar-refractivity contribution >= 4 is 39.3 Å². The van der Waals surface area contributed by atoms with E-state index in [-0.39, 0.29) is 24.7 Å². The molecule has 0 saturated carbocycles. The number of rotatable bonds is 5. The zero-order chi connectivity index (χ0) is 18.0. The first-order valence-corrected chi connectivity index (χ1v) is 8.52. The van der Waals surface area contributed by atoms with E-state index in [0.29, 0.717) is 0 Å². The van der Waals surface area contributed by atoms with Crippen molar-refractivity contribution in [3.63, 3.8) is 0 Å². The van der Waals surface area contributed by atoms with Crippen LogP contribution < -0.4 is 5.32 Å². The first-order valence-electron chi connectivity index (χ1n) is 8.52.